The van der Waals surface area contributed by atoms with Gasteiger partial charge < -0.3 is 10.3 Å². The first kappa shape index (κ1) is 25.3. The number of halogens is 1. The van der Waals surface area contributed by atoms with E-state index in [4.69, 9.17) is 4.98 Å². The van der Waals surface area contributed by atoms with Crippen molar-refractivity contribution in [3.05, 3.63) is 127 Å². The number of pyridine rings is 2. The average Bonchev–Trinajstić information content (AvgIpc) is 3.61. The molecule has 0 aliphatic rings. The minimum Gasteiger partial charge on any atom is -0.358 e. The van der Waals surface area contributed by atoms with Gasteiger partial charge in [-0.2, -0.15) is 5.10 Å². The number of aromatic amines is 2. The summed E-state index contributed by atoms with van der Waals surface area (Å²) in [5, 5.41) is 11.9. The number of imidazole rings is 1. The summed E-state index contributed by atoms with van der Waals surface area (Å²) in [6.45, 7) is 6.06. The highest BCUT2D eigenvalue weighted by molar-refractivity contribution is 5.97. The summed E-state index contributed by atoms with van der Waals surface area (Å²) in [6, 6.07) is 25.0. The first-order valence-corrected chi connectivity index (χ1v) is 13.5. The fourth-order valence-electron chi connectivity index (χ4n) is 5.26. The second kappa shape index (κ2) is 10.4. The molecule has 0 bridgehead atoms. The van der Waals surface area contributed by atoms with Gasteiger partial charge in [0.2, 0.25) is 0 Å². The predicted octanol–water partition coefficient (Wildman–Crippen LogP) is 7.85. The predicted molar refractivity (Wildman–Crippen MR) is 165 cm³/mol. The summed E-state index contributed by atoms with van der Waals surface area (Å²) < 4.78 is 14.2. The summed E-state index contributed by atoms with van der Waals surface area (Å²) in [5.74, 6) is 0.338. The number of para-hydroxylation sites is 1. The highest BCUT2D eigenvalue weighted by atomic mass is 19.1. The van der Waals surface area contributed by atoms with E-state index < -0.39 is 0 Å². The molecule has 7 rings (SSSR count). The van der Waals surface area contributed by atoms with Gasteiger partial charge in [-0.15, -0.1) is 0 Å². The van der Waals surface area contributed by atoms with Crippen LogP contribution in [0.5, 0.6) is 0 Å². The summed E-state index contributed by atoms with van der Waals surface area (Å²) in [6.07, 6.45) is 6.03. The molecule has 0 fully saturated rings. The number of benzene rings is 3. The van der Waals surface area contributed by atoms with Gasteiger partial charge in [0.1, 0.15) is 11.5 Å². The molecule has 0 amide bonds. The molecule has 0 aliphatic carbocycles. The molecular formula is C34H26FN7. The Morgan fingerprint density at radius 1 is 0.905 bits per heavy atom. The summed E-state index contributed by atoms with van der Waals surface area (Å²) in [5.41, 5.74) is 10.0. The van der Waals surface area contributed by atoms with Crippen LogP contribution in [0.25, 0.3) is 55.8 Å². The number of aryl methyl sites for hydroxylation is 1. The average molecular weight is 552 g/mol. The number of rotatable bonds is 7. The molecule has 0 saturated carbocycles. The quantitative estimate of drug-likeness (QED) is 0.188. The van der Waals surface area contributed by atoms with E-state index in [0.29, 0.717) is 17.9 Å². The lowest BCUT2D eigenvalue weighted by atomic mass is 10.0. The smallest absolute Gasteiger partial charge is 0.159 e. The maximum absolute atomic E-state index is 14.2. The molecule has 0 radical (unpaired) electrons. The number of nitrogens with zero attached hydrogens (tertiary/aromatic N) is 4. The minimum atomic E-state index is -0.273. The Labute approximate surface area is 241 Å². The van der Waals surface area contributed by atoms with Gasteiger partial charge in [-0.25, -0.2) is 9.37 Å². The Bertz CT molecular complexity index is 2070. The molecule has 3 aromatic carbocycles. The lowest BCUT2D eigenvalue weighted by Crippen LogP contribution is -2.02. The third-order valence-corrected chi connectivity index (χ3v) is 7.15. The van der Waals surface area contributed by atoms with Gasteiger partial charge in [-0.1, -0.05) is 55.1 Å². The van der Waals surface area contributed by atoms with E-state index in [1.165, 1.54) is 17.7 Å². The molecule has 0 unspecified atom stereocenters. The van der Waals surface area contributed by atoms with E-state index in [0.717, 1.165) is 61.3 Å². The molecule has 3 N–H and O–H groups in total. The van der Waals surface area contributed by atoms with Crippen LogP contribution in [0.3, 0.4) is 0 Å². The minimum absolute atomic E-state index is 0.273. The molecule has 8 heteroatoms. The molecule has 4 aromatic heterocycles. The van der Waals surface area contributed by atoms with Crippen LogP contribution in [0, 0.1) is 12.7 Å². The summed E-state index contributed by atoms with van der Waals surface area (Å²) in [7, 11) is 0. The fourth-order valence-corrected chi connectivity index (χ4v) is 5.26. The monoisotopic (exact) mass is 551 g/mol. The zero-order chi connectivity index (χ0) is 28.6. The Kier molecular flexibility index (Phi) is 6.28. The molecule has 0 aliphatic heterocycles. The molecule has 42 heavy (non-hydrogen) atoms. The van der Waals surface area contributed by atoms with Gasteiger partial charge in [0.15, 0.2) is 5.82 Å². The standard InChI is InChI=1S/C34H26FN7/c1-20-11-23(14-25(35)12-20)27-9-6-10-29-32(27)40-34(39-29)33-28-16-30(37-19-31(28)41-42-33)24-15-26(18-36-17-24)38-21(2)13-22-7-4-3-5-8-22/h3-12,14-19,38H,2,13H2,1H3,(H,39,40)(H,41,42). The number of hydrogen-bond acceptors (Lipinski definition) is 5. The van der Waals surface area contributed by atoms with E-state index in [9.17, 15) is 4.39 Å². The van der Waals surface area contributed by atoms with Crippen LogP contribution in [0.2, 0.25) is 0 Å². The topological polar surface area (TPSA) is 95.2 Å². The van der Waals surface area contributed by atoms with Gasteiger partial charge in [-0.3, -0.25) is 15.1 Å². The Hall–Kier alpha value is -5.63. The van der Waals surface area contributed by atoms with Gasteiger partial charge in [-0.05, 0) is 53.9 Å². The van der Waals surface area contributed by atoms with Gasteiger partial charge in [0.05, 0.1) is 40.3 Å². The first-order valence-electron chi connectivity index (χ1n) is 13.5. The van der Waals surface area contributed by atoms with E-state index in [2.05, 4.69) is 49.2 Å². The van der Waals surface area contributed by atoms with Crippen molar-refractivity contribution in [3.8, 4) is 33.9 Å². The van der Waals surface area contributed by atoms with E-state index in [-0.39, 0.29) is 5.82 Å². The van der Waals surface area contributed by atoms with Crippen LogP contribution in [0.4, 0.5) is 10.1 Å². The van der Waals surface area contributed by atoms with Crippen molar-refractivity contribution in [2.24, 2.45) is 0 Å². The number of hydrogen-bond donors (Lipinski definition) is 3. The Balaban J connectivity index is 1.22. The molecule has 0 spiro atoms. The van der Waals surface area contributed by atoms with Crippen molar-refractivity contribution in [2.45, 2.75) is 13.3 Å². The molecule has 7 aromatic rings. The maximum Gasteiger partial charge on any atom is 0.159 e. The van der Waals surface area contributed by atoms with Crippen LogP contribution < -0.4 is 5.32 Å². The Morgan fingerprint density at radius 2 is 1.79 bits per heavy atom. The normalized spacial score (nSPS) is 11.3. The van der Waals surface area contributed by atoms with Crippen molar-refractivity contribution in [2.75, 3.05) is 5.32 Å². The summed E-state index contributed by atoms with van der Waals surface area (Å²) in [4.78, 5) is 17.4. The maximum atomic E-state index is 14.2. The van der Waals surface area contributed by atoms with Crippen molar-refractivity contribution >= 4 is 27.6 Å². The molecule has 0 saturated heterocycles. The van der Waals surface area contributed by atoms with E-state index >= 15 is 0 Å². The fraction of sp³-hybridized carbons (Fsp3) is 0.0588. The van der Waals surface area contributed by atoms with Crippen molar-refractivity contribution in [1.82, 2.24) is 30.1 Å². The van der Waals surface area contributed by atoms with Crippen LogP contribution in [0.1, 0.15) is 11.1 Å². The lowest BCUT2D eigenvalue weighted by Gasteiger charge is -2.11. The Morgan fingerprint density at radius 3 is 2.64 bits per heavy atom. The summed E-state index contributed by atoms with van der Waals surface area (Å²) >= 11 is 0. The van der Waals surface area contributed by atoms with Gasteiger partial charge in [0.25, 0.3) is 0 Å². The number of fused-ring (bicyclic) bond motifs is 2. The van der Waals surface area contributed by atoms with Crippen molar-refractivity contribution < 1.29 is 4.39 Å². The van der Waals surface area contributed by atoms with Crippen LogP contribution in [-0.2, 0) is 6.42 Å². The van der Waals surface area contributed by atoms with Crippen LogP contribution >= 0.6 is 0 Å². The lowest BCUT2D eigenvalue weighted by molar-refractivity contribution is 0.627. The van der Waals surface area contributed by atoms with Crippen LogP contribution in [-0.4, -0.2) is 30.1 Å². The highest BCUT2D eigenvalue weighted by Crippen LogP contribution is 2.33. The highest BCUT2D eigenvalue weighted by Gasteiger charge is 2.17. The molecule has 0 atom stereocenters. The number of allylic oxidation sites excluding steroid dienone is 1. The third-order valence-electron chi connectivity index (χ3n) is 7.15. The van der Waals surface area contributed by atoms with Crippen molar-refractivity contribution in [3.63, 3.8) is 0 Å². The third kappa shape index (κ3) is 4.90. The SMILES string of the molecule is C=C(Cc1ccccc1)Nc1cncc(-c2cc3c(-c4nc5c(-c6cc(C)cc(F)c6)cccc5[nH]4)n[nH]c3cn2)c1. The second-order valence-corrected chi connectivity index (χ2v) is 10.3. The number of nitrogens with one attached hydrogen (secondary N) is 3. The van der Waals surface area contributed by atoms with E-state index in [1.54, 1.807) is 18.6 Å². The van der Waals surface area contributed by atoms with E-state index in [1.807, 2.05) is 61.5 Å². The number of aromatic nitrogens is 6. The van der Waals surface area contributed by atoms with Gasteiger partial charge >= 0.3 is 0 Å². The molecule has 7 nitrogen and oxygen atoms in total. The first-order chi connectivity index (χ1) is 20.5. The molecule has 204 valence electrons. The molecule has 4 heterocycles. The van der Waals surface area contributed by atoms with Gasteiger partial charge in [0, 0.05) is 34.8 Å². The number of H-pyrrole nitrogens is 2. The van der Waals surface area contributed by atoms with Crippen molar-refractivity contribution in [1.29, 1.82) is 0 Å². The largest absolute Gasteiger partial charge is 0.358 e. The zero-order valence-corrected chi connectivity index (χ0v) is 22.8. The van der Waals surface area contributed by atoms with Crippen LogP contribution in [0.15, 0.2) is 110 Å². The molecular weight excluding hydrogens is 525 g/mol. The number of anilines is 1. The zero-order valence-electron chi connectivity index (χ0n) is 22.8. The second-order valence-electron chi connectivity index (χ2n) is 10.3.